The first-order chi connectivity index (χ1) is 12.5. The van der Waals surface area contributed by atoms with Crippen LogP contribution < -0.4 is 0 Å². The van der Waals surface area contributed by atoms with Crippen LogP contribution in [0.25, 0.3) is 11.0 Å². The Morgan fingerprint density at radius 3 is 2.92 bits per heavy atom. The number of H-pyrrole nitrogens is 1. The van der Waals surface area contributed by atoms with E-state index in [1.165, 1.54) is 25.5 Å². The van der Waals surface area contributed by atoms with Crippen molar-refractivity contribution in [3.05, 3.63) is 64.4 Å². The molecule has 0 radical (unpaired) electrons. The highest BCUT2D eigenvalue weighted by atomic mass is 79.9. The Kier molecular flexibility index (Phi) is 7.50. The van der Waals surface area contributed by atoms with Crippen LogP contribution in [0.5, 0.6) is 0 Å². The van der Waals surface area contributed by atoms with Gasteiger partial charge in [0.05, 0.1) is 6.61 Å². The van der Waals surface area contributed by atoms with Gasteiger partial charge in [-0.15, -0.1) is 0 Å². The number of hydrogen-bond acceptors (Lipinski definition) is 4. The molecule has 8 heteroatoms. The molecule has 0 aromatic carbocycles. The predicted molar refractivity (Wildman–Crippen MR) is 99.0 cm³/mol. The number of aliphatic hydroxyl groups excluding tert-OH is 1. The van der Waals surface area contributed by atoms with Crippen LogP contribution in [0.15, 0.2) is 58.8 Å². The van der Waals surface area contributed by atoms with E-state index < -0.39 is 24.2 Å². The first kappa shape index (κ1) is 20.3. The molecule has 0 bridgehead atoms. The van der Waals surface area contributed by atoms with E-state index in [4.69, 9.17) is 9.47 Å². The van der Waals surface area contributed by atoms with Gasteiger partial charge in [-0.1, -0.05) is 12.7 Å². The van der Waals surface area contributed by atoms with Crippen molar-refractivity contribution >= 4 is 27.0 Å². The van der Waals surface area contributed by atoms with Gasteiger partial charge in [0.25, 0.3) is 0 Å². The van der Waals surface area contributed by atoms with Crippen LogP contribution in [0.4, 0.5) is 8.78 Å². The van der Waals surface area contributed by atoms with Crippen LogP contribution in [0.3, 0.4) is 0 Å². The minimum atomic E-state index is -1.51. The van der Waals surface area contributed by atoms with Crippen LogP contribution in [0.2, 0.25) is 0 Å². The molecule has 5 nitrogen and oxygen atoms in total. The smallest absolute Gasteiger partial charge is 0.169 e. The number of pyridine rings is 1. The second kappa shape index (κ2) is 9.61. The molecule has 140 valence electrons. The van der Waals surface area contributed by atoms with Crippen LogP contribution in [-0.2, 0) is 9.47 Å². The largest absolute Gasteiger partial charge is 0.488 e. The Hall–Kier alpha value is -2.03. The molecule has 0 aliphatic heterocycles. The molecule has 0 aliphatic carbocycles. The molecule has 2 N–H and O–H groups in total. The summed E-state index contributed by atoms with van der Waals surface area (Å²) in [5, 5.41) is 11.1. The molecule has 0 aliphatic rings. The minimum Gasteiger partial charge on any atom is -0.488 e. The Labute approximate surface area is 158 Å². The maximum atomic E-state index is 14.8. The van der Waals surface area contributed by atoms with E-state index in [9.17, 15) is 13.9 Å². The Balaban J connectivity index is 2.42. The second-order valence-corrected chi connectivity index (χ2v) is 6.19. The molecule has 1 atom stereocenters. The van der Waals surface area contributed by atoms with E-state index in [1.54, 1.807) is 12.3 Å². The number of nitrogens with zero attached hydrogens (tertiary/aromatic N) is 1. The monoisotopic (exact) mass is 428 g/mol. The van der Waals surface area contributed by atoms with E-state index in [2.05, 4.69) is 32.5 Å². The van der Waals surface area contributed by atoms with Gasteiger partial charge in [0, 0.05) is 40.5 Å². The number of aromatic nitrogens is 2. The van der Waals surface area contributed by atoms with Crippen LogP contribution in [0.1, 0.15) is 11.7 Å². The topological polar surface area (TPSA) is 67.4 Å². The van der Waals surface area contributed by atoms with Gasteiger partial charge < -0.3 is 19.6 Å². The van der Waals surface area contributed by atoms with Gasteiger partial charge in [-0.2, -0.15) is 0 Å². The van der Waals surface area contributed by atoms with Crippen LogP contribution in [0, 0.1) is 0 Å². The lowest BCUT2D eigenvalue weighted by Crippen LogP contribution is -2.09. The quantitative estimate of drug-likeness (QED) is 0.355. The lowest BCUT2D eigenvalue weighted by atomic mass is 10.0. The molecule has 0 saturated heterocycles. The number of allylic oxidation sites excluding steroid dienone is 3. The Morgan fingerprint density at radius 1 is 1.50 bits per heavy atom. The number of aliphatic hydroxyl groups is 1. The highest BCUT2D eigenvalue weighted by molar-refractivity contribution is 9.10. The average Bonchev–Trinajstić information content (AvgIpc) is 3.04. The molecule has 0 fully saturated rings. The molecule has 0 saturated carbocycles. The van der Waals surface area contributed by atoms with Gasteiger partial charge in [-0.3, -0.25) is 0 Å². The first-order valence-electron chi connectivity index (χ1n) is 7.73. The Morgan fingerprint density at radius 2 is 2.27 bits per heavy atom. The molecule has 1 unspecified atom stereocenters. The number of ether oxygens (including phenoxy) is 2. The molecule has 2 rings (SSSR count). The third-order valence-corrected chi connectivity index (χ3v) is 4.04. The van der Waals surface area contributed by atoms with E-state index in [1.807, 2.05) is 0 Å². The van der Waals surface area contributed by atoms with Crippen LogP contribution >= 0.6 is 15.9 Å². The van der Waals surface area contributed by atoms with Crippen molar-refractivity contribution in [3.8, 4) is 0 Å². The number of rotatable bonds is 9. The van der Waals surface area contributed by atoms with Crippen molar-refractivity contribution < 1.29 is 23.4 Å². The third kappa shape index (κ3) is 4.57. The summed E-state index contributed by atoms with van der Waals surface area (Å²) >= 11 is 3.29. The summed E-state index contributed by atoms with van der Waals surface area (Å²) < 4.78 is 39.2. The third-order valence-electron chi connectivity index (χ3n) is 3.61. The number of nitrogens with one attached hydrogen (secondary N) is 1. The lowest BCUT2D eigenvalue weighted by molar-refractivity contribution is 0.108. The summed E-state index contributed by atoms with van der Waals surface area (Å²) in [6.45, 7) is 2.60. The first-order valence-corrected chi connectivity index (χ1v) is 8.52. The van der Waals surface area contributed by atoms with E-state index in [-0.39, 0.29) is 19.0 Å². The molecule has 26 heavy (non-hydrogen) atoms. The molecule has 2 aromatic rings. The maximum absolute atomic E-state index is 14.8. The van der Waals surface area contributed by atoms with Crippen molar-refractivity contribution in [1.29, 1.82) is 0 Å². The number of methoxy groups -OCH3 is 1. The van der Waals surface area contributed by atoms with E-state index >= 15 is 0 Å². The van der Waals surface area contributed by atoms with Gasteiger partial charge in [0.15, 0.2) is 11.6 Å². The van der Waals surface area contributed by atoms with E-state index in [0.29, 0.717) is 21.1 Å². The maximum Gasteiger partial charge on any atom is 0.169 e. The zero-order valence-corrected chi connectivity index (χ0v) is 15.7. The number of hydrogen-bond donors (Lipinski definition) is 2. The van der Waals surface area contributed by atoms with Gasteiger partial charge >= 0.3 is 0 Å². The molecule has 0 amide bonds. The highest BCUT2D eigenvalue weighted by Gasteiger charge is 2.24. The summed E-state index contributed by atoms with van der Waals surface area (Å²) in [6, 6.07) is 1.71. The van der Waals surface area contributed by atoms with Gasteiger partial charge in [-0.05, 0) is 28.1 Å². The average molecular weight is 429 g/mol. The normalized spacial score (nSPS) is 14.3. The predicted octanol–water partition coefficient (Wildman–Crippen LogP) is 4.28. The van der Waals surface area contributed by atoms with Gasteiger partial charge in [0.1, 0.15) is 25.0 Å². The standard InChI is InChI=1S/C18H19BrF2N2O3/c1-3-4-15(26-6-5-25-2)16(21)13(8-20)17(24)14-10-23-18-12(14)7-11(19)9-22-18/h3-4,7,9-10,17,24H,1,5-6,8H2,2H3,(H,22,23)/b15-4+,16-13-. The summed E-state index contributed by atoms with van der Waals surface area (Å²) in [4.78, 5) is 7.02. The summed E-state index contributed by atoms with van der Waals surface area (Å²) in [7, 11) is 1.48. The Bertz CT molecular complexity index is 833. The molecule has 0 spiro atoms. The highest BCUT2D eigenvalue weighted by Crippen LogP contribution is 2.33. The second-order valence-electron chi connectivity index (χ2n) is 5.28. The van der Waals surface area contributed by atoms with Gasteiger partial charge in [0.2, 0.25) is 0 Å². The van der Waals surface area contributed by atoms with Gasteiger partial charge in [-0.25, -0.2) is 13.8 Å². The van der Waals surface area contributed by atoms with Crippen LogP contribution in [-0.4, -0.2) is 42.1 Å². The molecular formula is C18H19BrF2N2O3. The summed E-state index contributed by atoms with van der Waals surface area (Å²) in [5.41, 5.74) is 0.363. The fourth-order valence-corrected chi connectivity index (χ4v) is 2.68. The number of halogens is 3. The number of alkyl halides is 1. The van der Waals surface area contributed by atoms with Crippen molar-refractivity contribution in [2.45, 2.75) is 6.10 Å². The van der Waals surface area contributed by atoms with Crippen molar-refractivity contribution in [2.75, 3.05) is 27.0 Å². The van der Waals surface area contributed by atoms with Crippen molar-refractivity contribution in [2.24, 2.45) is 0 Å². The molecular weight excluding hydrogens is 410 g/mol. The van der Waals surface area contributed by atoms with E-state index in [0.717, 1.165) is 0 Å². The lowest BCUT2D eigenvalue weighted by Gasteiger charge is -2.16. The molecule has 2 aromatic heterocycles. The molecule has 2 heterocycles. The van der Waals surface area contributed by atoms with Crippen molar-refractivity contribution in [1.82, 2.24) is 9.97 Å². The zero-order chi connectivity index (χ0) is 19.1. The zero-order valence-electron chi connectivity index (χ0n) is 14.1. The SMILES string of the molecule is C=C/C=C(OCCOC)\C(F)=C(/CF)C(O)c1c[nH]c2ncc(Br)cc12. The fraction of sp³-hybridized carbons (Fsp3) is 0.278. The number of fused-ring (bicyclic) bond motifs is 1. The fourth-order valence-electron chi connectivity index (χ4n) is 2.35. The number of aromatic amines is 1. The minimum absolute atomic E-state index is 0.0726. The van der Waals surface area contributed by atoms with Crippen molar-refractivity contribution in [3.63, 3.8) is 0 Å². The summed E-state index contributed by atoms with van der Waals surface area (Å²) in [6.07, 6.45) is 4.12. The summed E-state index contributed by atoms with van der Waals surface area (Å²) in [5.74, 6) is -1.20.